The molecule has 8 nitrogen and oxygen atoms in total. The van der Waals surface area contributed by atoms with Crippen LogP contribution in [0, 0.1) is 6.92 Å². The number of nitrogens with one attached hydrogen (secondary N) is 2. The number of methoxy groups -OCH3 is 1. The van der Waals surface area contributed by atoms with Crippen LogP contribution < -0.4 is 10.6 Å². The van der Waals surface area contributed by atoms with Gasteiger partial charge in [-0.05, 0) is 31.2 Å². The fourth-order valence-corrected chi connectivity index (χ4v) is 2.82. The highest BCUT2D eigenvalue weighted by Gasteiger charge is 2.10. The highest BCUT2D eigenvalue weighted by atomic mass is 16.5. The van der Waals surface area contributed by atoms with E-state index in [-0.39, 0.29) is 5.97 Å². The van der Waals surface area contributed by atoms with E-state index in [4.69, 9.17) is 9.47 Å². The summed E-state index contributed by atoms with van der Waals surface area (Å²) in [4.78, 5) is 22.8. The summed E-state index contributed by atoms with van der Waals surface area (Å²) < 4.78 is 10.1. The molecular weight excluding hydrogens is 346 g/mol. The van der Waals surface area contributed by atoms with Crippen LogP contribution in [0.2, 0.25) is 0 Å². The Hall–Kier alpha value is -2.71. The maximum atomic E-state index is 11.5. The SMILES string of the molecule is COC(=O)c1ccc(Nc2cc(C)nc(NCCN3CCOCC3)n2)cc1. The molecule has 0 saturated carbocycles. The van der Waals surface area contributed by atoms with Crippen LogP contribution in [0.3, 0.4) is 0 Å². The van der Waals surface area contributed by atoms with E-state index in [0.717, 1.165) is 50.8 Å². The highest BCUT2D eigenvalue weighted by molar-refractivity contribution is 5.89. The average Bonchev–Trinajstić information content (AvgIpc) is 2.68. The molecule has 8 heteroatoms. The summed E-state index contributed by atoms with van der Waals surface area (Å²) in [5, 5.41) is 6.52. The molecule has 27 heavy (non-hydrogen) atoms. The Labute approximate surface area is 158 Å². The Balaban J connectivity index is 1.58. The second kappa shape index (κ2) is 9.29. The van der Waals surface area contributed by atoms with Gasteiger partial charge in [-0.1, -0.05) is 0 Å². The largest absolute Gasteiger partial charge is 0.465 e. The van der Waals surface area contributed by atoms with Crippen LogP contribution in [0.1, 0.15) is 16.1 Å². The average molecular weight is 371 g/mol. The van der Waals surface area contributed by atoms with Gasteiger partial charge in [-0.2, -0.15) is 4.98 Å². The van der Waals surface area contributed by atoms with Crippen LogP contribution in [0.4, 0.5) is 17.5 Å². The van der Waals surface area contributed by atoms with Crippen LogP contribution in [-0.4, -0.2) is 67.3 Å². The minimum Gasteiger partial charge on any atom is -0.465 e. The summed E-state index contributed by atoms with van der Waals surface area (Å²) in [6, 6.07) is 8.93. The van der Waals surface area contributed by atoms with Gasteiger partial charge in [-0.15, -0.1) is 0 Å². The molecule has 2 N–H and O–H groups in total. The molecule has 2 heterocycles. The number of hydrogen-bond acceptors (Lipinski definition) is 8. The Morgan fingerprint density at radius 2 is 1.96 bits per heavy atom. The van der Waals surface area contributed by atoms with E-state index in [1.165, 1.54) is 7.11 Å². The minimum atomic E-state index is -0.355. The zero-order chi connectivity index (χ0) is 19.1. The molecule has 0 atom stereocenters. The summed E-state index contributed by atoms with van der Waals surface area (Å²) in [6.45, 7) is 7.15. The first-order valence-electron chi connectivity index (χ1n) is 8.99. The van der Waals surface area contributed by atoms with Crippen molar-refractivity contribution < 1.29 is 14.3 Å². The third-order valence-corrected chi connectivity index (χ3v) is 4.25. The van der Waals surface area contributed by atoms with E-state index in [2.05, 4.69) is 25.5 Å². The fourth-order valence-electron chi connectivity index (χ4n) is 2.82. The first-order valence-corrected chi connectivity index (χ1v) is 8.99. The molecule has 0 radical (unpaired) electrons. The van der Waals surface area contributed by atoms with Crippen LogP contribution in [0.5, 0.6) is 0 Å². The molecule has 1 fully saturated rings. The standard InChI is InChI=1S/C19H25N5O3/c1-14-13-17(22-16-5-3-15(4-6-16)18(25)26-2)23-19(21-14)20-7-8-24-9-11-27-12-10-24/h3-6,13H,7-12H2,1-2H3,(H2,20,21,22,23). The van der Waals surface area contributed by atoms with Gasteiger partial charge in [0.25, 0.3) is 0 Å². The van der Waals surface area contributed by atoms with Crippen molar-refractivity contribution in [3.8, 4) is 0 Å². The lowest BCUT2D eigenvalue weighted by Crippen LogP contribution is -2.39. The highest BCUT2D eigenvalue weighted by Crippen LogP contribution is 2.17. The molecule has 0 amide bonds. The molecule has 0 unspecified atom stereocenters. The number of carbonyl (C=O) groups excluding carboxylic acids is 1. The van der Waals surface area contributed by atoms with E-state index in [9.17, 15) is 4.79 Å². The maximum Gasteiger partial charge on any atom is 0.337 e. The number of carbonyl (C=O) groups is 1. The molecule has 0 aliphatic carbocycles. The number of morpholine rings is 1. The van der Waals surface area contributed by atoms with Crippen molar-refractivity contribution >= 4 is 23.4 Å². The number of hydrogen-bond donors (Lipinski definition) is 2. The number of ether oxygens (including phenoxy) is 2. The van der Waals surface area contributed by atoms with Gasteiger partial charge in [0, 0.05) is 43.6 Å². The summed E-state index contributed by atoms with van der Waals surface area (Å²) >= 11 is 0. The van der Waals surface area contributed by atoms with Crippen molar-refractivity contribution in [3.05, 3.63) is 41.6 Å². The summed E-state index contributed by atoms with van der Waals surface area (Å²) in [5.74, 6) is 0.935. The molecule has 1 aromatic heterocycles. The lowest BCUT2D eigenvalue weighted by atomic mass is 10.2. The van der Waals surface area contributed by atoms with Crippen molar-refractivity contribution in [3.63, 3.8) is 0 Å². The van der Waals surface area contributed by atoms with Gasteiger partial charge in [0.15, 0.2) is 0 Å². The first kappa shape index (κ1) is 19.1. The molecule has 144 valence electrons. The van der Waals surface area contributed by atoms with Crippen LogP contribution >= 0.6 is 0 Å². The van der Waals surface area contributed by atoms with E-state index in [1.54, 1.807) is 12.1 Å². The Bertz CT molecular complexity index is 760. The number of rotatable bonds is 7. The number of nitrogens with zero attached hydrogens (tertiary/aromatic N) is 3. The van der Waals surface area contributed by atoms with Gasteiger partial charge in [0.05, 0.1) is 25.9 Å². The quantitative estimate of drug-likeness (QED) is 0.715. The topological polar surface area (TPSA) is 88.6 Å². The van der Waals surface area contributed by atoms with Crippen LogP contribution in [-0.2, 0) is 9.47 Å². The normalized spacial score (nSPS) is 14.6. The lowest BCUT2D eigenvalue weighted by molar-refractivity contribution is 0.0398. The molecular formula is C19H25N5O3. The lowest BCUT2D eigenvalue weighted by Gasteiger charge is -2.26. The minimum absolute atomic E-state index is 0.355. The van der Waals surface area contributed by atoms with Crippen molar-refractivity contribution in [2.24, 2.45) is 0 Å². The molecule has 1 aliphatic rings. The van der Waals surface area contributed by atoms with Crippen molar-refractivity contribution in [2.45, 2.75) is 6.92 Å². The summed E-state index contributed by atoms with van der Waals surface area (Å²) in [7, 11) is 1.37. The Kier molecular flexibility index (Phi) is 6.56. The third kappa shape index (κ3) is 5.63. The molecule has 1 aromatic carbocycles. The van der Waals surface area contributed by atoms with E-state index < -0.39 is 0 Å². The van der Waals surface area contributed by atoms with Gasteiger partial charge in [0.1, 0.15) is 5.82 Å². The number of aryl methyl sites for hydroxylation is 1. The zero-order valence-corrected chi connectivity index (χ0v) is 15.7. The predicted molar refractivity (Wildman–Crippen MR) is 104 cm³/mol. The first-order chi connectivity index (χ1) is 13.1. The second-order valence-corrected chi connectivity index (χ2v) is 6.29. The number of esters is 1. The molecule has 1 aliphatic heterocycles. The number of anilines is 3. The van der Waals surface area contributed by atoms with Crippen molar-refractivity contribution in [1.29, 1.82) is 0 Å². The fraction of sp³-hybridized carbons (Fsp3) is 0.421. The molecule has 1 saturated heterocycles. The number of benzene rings is 1. The molecule has 0 spiro atoms. The van der Waals surface area contributed by atoms with Gasteiger partial charge in [0.2, 0.25) is 5.95 Å². The number of aromatic nitrogens is 2. The third-order valence-electron chi connectivity index (χ3n) is 4.25. The molecule has 0 bridgehead atoms. The van der Waals surface area contributed by atoms with Gasteiger partial charge >= 0.3 is 5.97 Å². The summed E-state index contributed by atoms with van der Waals surface area (Å²) in [5.41, 5.74) is 2.21. The predicted octanol–water partition coefficient (Wildman–Crippen LogP) is 2.06. The van der Waals surface area contributed by atoms with Crippen molar-refractivity contribution in [1.82, 2.24) is 14.9 Å². The zero-order valence-electron chi connectivity index (χ0n) is 15.7. The molecule has 3 rings (SSSR count). The Morgan fingerprint density at radius 1 is 1.22 bits per heavy atom. The summed E-state index contributed by atoms with van der Waals surface area (Å²) in [6.07, 6.45) is 0. The van der Waals surface area contributed by atoms with Crippen LogP contribution in [0.25, 0.3) is 0 Å². The smallest absolute Gasteiger partial charge is 0.337 e. The van der Waals surface area contributed by atoms with Crippen LogP contribution in [0.15, 0.2) is 30.3 Å². The Morgan fingerprint density at radius 3 is 2.67 bits per heavy atom. The second-order valence-electron chi connectivity index (χ2n) is 6.29. The monoisotopic (exact) mass is 371 g/mol. The van der Waals surface area contributed by atoms with Gasteiger partial charge in [-0.25, -0.2) is 9.78 Å². The van der Waals surface area contributed by atoms with E-state index in [1.807, 2.05) is 25.1 Å². The van der Waals surface area contributed by atoms with Gasteiger partial charge in [-0.3, -0.25) is 4.90 Å². The van der Waals surface area contributed by atoms with Crippen molar-refractivity contribution in [2.75, 3.05) is 57.1 Å². The van der Waals surface area contributed by atoms with E-state index in [0.29, 0.717) is 17.3 Å². The molecule has 2 aromatic rings. The van der Waals surface area contributed by atoms with Gasteiger partial charge < -0.3 is 20.1 Å². The maximum absolute atomic E-state index is 11.5. The van der Waals surface area contributed by atoms with E-state index >= 15 is 0 Å².